The molecule has 0 heterocycles. The van der Waals surface area contributed by atoms with E-state index in [4.69, 9.17) is 21.1 Å². The second kappa shape index (κ2) is 11.0. The van der Waals surface area contributed by atoms with Crippen LogP contribution in [0.3, 0.4) is 0 Å². The van der Waals surface area contributed by atoms with Gasteiger partial charge in [-0.05, 0) is 42.2 Å². The van der Waals surface area contributed by atoms with Crippen molar-refractivity contribution in [3.05, 3.63) is 88.4 Å². The third-order valence-electron chi connectivity index (χ3n) is 5.28. The third-order valence-corrected chi connectivity index (χ3v) is 5.70. The minimum Gasteiger partial charge on any atom is -0.548 e. The SMILES string of the molecule is CCCC(C#N)(C(=O)[O-])c1cc(Cc2ccccc2)c(Cl)c(Oc2ccccc2)c1OC(F)F. The van der Waals surface area contributed by atoms with Crippen LogP contribution < -0.4 is 14.6 Å². The molecule has 0 aliphatic carbocycles. The van der Waals surface area contributed by atoms with Crippen molar-refractivity contribution in [2.24, 2.45) is 0 Å². The van der Waals surface area contributed by atoms with Crippen molar-refractivity contribution in [1.29, 1.82) is 5.26 Å². The van der Waals surface area contributed by atoms with Crippen molar-refractivity contribution in [3.8, 4) is 23.3 Å². The summed E-state index contributed by atoms with van der Waals surface area (Å²) in [6.45, 7) is -1.65. The lowest BCUT2D eigenvalue weighted by molar-refractivity contribution is -0.311. The number of alkyl halides is 2. The molecule has 8 heteroatoms. The maximum Gasteiger partial charge on any atom is 0.387 e. The van der Waals surface area contributed by atoms with E-state index < -0.39 is 23.7 Å². The molecule has 3 rings (SSSR count). The normalized spacial score (nSPS) is 12.6. The third kappa shape index (κ3) is 5.29. The second-order valence-electron chi connectivity index (χ2n) is 7.57. The van der Waals surface area contributed by atoms with Crippen LogP contribution in [-0.2, 0) is 16.6 Å². The molecule has 34 heavy (non-hydrogen) atoms. The summed E-state index contributed by atoms with van der Waals surface area (Å²) >= 11 is 6.62. The highest BCUT2D eigenvalue weighted by molar-refractivity contribution is 6.33. The lowest BCUT2D eigenvalue weighted by Gasteiger charge is -2.31. The number of carboxylic acid groups (broad SMARTS) is 1. The van der Waals surface area contributed by atoms with Gasteiger partial charge in [-0.3, -0.25) is 0 Å². The van der Waals surface area contributed by atoms with E-state index >= 15 is 0 Å². The largest absolute Gasteiger partial charge is 0.548 e. The summed E-state index contributed by atoms with van der Waals surface area (Å²) in [4.78, 5) is 12.3. The fourth-order valence-electron chi connectivity index (χ4n) is 3.72. The predicted molar refractivity (Wildman–Crippen MR) is 121 cm³/mol. The van der Waals surface area contributed by atoms with Crippen LogP contribution in [-0.4, -0.2) is 12.6 Å². The molecule has 0 amide bonds. The summed E-state index contributed by atoms with van der Waals surface area (Å²) in [6.07, 6.45) is 0.303. The van der Waals surface area contributed by atoms with Crippen LogP contribution in [0.25, 0.3) is 0 Å². The Morgan fingerprint density at radius 2 is 1.74 bits per heavy atom. The van der Waals surface area contributed by atoms with Crippen molar-refractivity contribution >= 4 is 17.6 Å². The number of halogens is 3. The first-order valence-electron chi connectivity index (χ1n) is 10.5. The van der Waals surface area contributed by atoms with Crippen LogP contribution in [0.4, 0.5) is 8.78 Å². The number of nitriles is 1. The van der Waals surface area contributed by atoms with E-state index in [0.29, 0.717) is 5.56 Å². The minimum absolute atomic E-state index is 0.0335. The number of aliphatic carboxylic acids is 1. The maximum atomic E-state index is 13.5. The quantitative estimate of drug-likeness (QED) is 0.372. The zero-order chi connectivity index (χ0) is 24.7. The van der Waals surface area contributed by atoms with Gasteiger partial charge in [0.2, 0.25) is 0 Å². The number of ether oxygens (including phenoxy) is 2. The molecule has 0 saturated heterocycles. The van der Waals surface area contributed by atoms with Gasteiger partial charge in [-0.25, -0.2) is 0 Å². The molecule has 1 atom stereocenters. The first-order chi connectivity index (χ1) is 16.3. The molecule has 0 radical (unpaired) electrons. The molecule has 3 aromatic carbocycles. The number of rotatable bonds is 10. The van der Waals surface area contributed by atoms with Gasteiger partial charge in [0.1, 0.15) is 11.2 Å². The fourth-order valence-corrected chi connectivity index (χ4v) is 3.97. The van der Waals surface area contributed by atoms with Crippen LogP contribution in [0.2, 0.25) is 5.02 Å². The van der Waals surface area contributed by atoms with Gasteiger partial charge in [-0.2, -0.15) is 14.0 Å². The average molecular weight is 485 g/mol. The van der Waals surface area contributed by atoms with Crippen LogP contribution in [0.15, 0.2) is 66.7 Å². The zero-order valence-corrected chi connectivity index (χ0v) is 19.0. The molecule has 1 unspecified atom stereocenters. The molecule has 3 aromatic rings. The van der Waals surface area contributed by atoms with Gasteiger partial charge in [0.25, 0.3) is 0 Å². The van der Waals surface area contributed by atoms with Crippen LogP contribution >= 0.6 is 11.6 Å². The Morgan fingerprint density at radius 3 is 2.26 bits per heavy atom. The Balaban J connectivity index is 2.34. The topological polar surface area (TPSA) is 82.4 Å². The van der Waals surface area contributed by atoms with Gasteiger partial charge in [-0.15, -0.1) is 0 Å². The van der Waals surface area contributed by atoms with Crippen molar-refractivity contribution in [3.63, 3.8) is 0 Å². The van der Waals surface area contributed by atoms with Crippen LogP contribution in [0, 0.1) is 11.3 Å². The van der Waals surface area contributed by atoms with Crippen molar-refractivity contribution in [2.75, 3.05) is 0 Å². The number of nitrogens with zero attached hydrogens (tertiary/aromatic N) is 1. The number of carbonyl (C=O) groups excluding carboxylic acids is 1. The van der Waals surface area contributed by atoms with Crippen molar-refractivity contribution in [1.82, 2.24) is 0 Å². The van der Waals surface area contributed by atoms with Crippen molar-refractivity contribution in [2.45, 2.75) is 38.2 Å². The van der Waals surface area contributed by atoms with Gasteiger partial charge < -0.3 is 19.4 Å². The van der Waals surface area contributed by atoms with Gasteiger partial charge >= 0.3 is 6.61 Å². The number of hydrogen-bond acceptors (Lipinski definition) is 5. The molecular formula is C26H21ClF2NO4-. The summed E-state index contributed by atoms with van der Waals surface area (Å²) in [7, 11) is 0. The molecule has 0 aromatic heterocycles. The Bertz CT molecular complexity index is 1180. The van der Waals surface area contributed by atoms with E-state index in [-0.39, 0.29) is 41.3 Å². The molecule has 0 aliphatic heterocycles. The van der Waals surface area contributed by atoms with E-state index in [1.54, 1.807) is 43.3 Å². The Hall–Kier alpha value is -3.63. The number of para-hydroxylation sites is 1. The van der Waals surface area contributed by atoms with E-state index in [9.17, 15) is 23.9 Å². The molecular weight excluding hydrogens is 464 g/mol. The summed E-state index contributed by atoms with van der Waals surface area (Å²) in [5.74, 6) is -2.37. The van der Waals surface area contributed by atoms with Gasteiger partial charge in [0, 0.05) is 5.56 Å². The average Bonchev–Trinajstić information content (AvgIpc) is 2.82. The number of carboxylic acids is 1. The molecule has 5 nitrogen and oxygen atoms in total. The standard InChI is InChI=1S/C26H22ClF2NO4/c1-2-13-26(16-30,24(31)32)20-15-18(14-17-9-5-3-6-10-17)21(27)23(22(20)34-25(28)29)33-19-11-7-4-8-12-19/h3-12,15,25H,2,13-14H2,1H3,(H,31,32)/p-1. The second-order valence-corrected chi connectivity index (χ2v) is 7.94. The molecule has 176 valence electrons. The number of hydrogen-bond donors (Lipinski definition) is 0. The van der Waals surface area contributed by atoms with E-state index in [2.05, 4.69) is 0 Å². The predicted octanol–water partition coefficient (Wildman–Crippen LogP) is 5.64. The minimum atomic E-state index is -3.33. The lowest BCUT2D eigenvalue weighted by Crippen LogP contribution is -2.45. The molecule has 0 spiro atoms. The monoisotopic (exact) mass is 484 g/mol. The van der Waals surface area contributed by atoms with Gasteiger partial charge in [-0.1, -0.05) is 73.5 Å². The summed E-state index contributed by atoms with van der Waals surface area (Å²) in [6, 6.07) is 20.4. The molecule has 0 bridgehead atoms. The molecule has 0 aliphatic rings. The Kier molecular flexibility index (Phi) is 8.08. The Labute approximate surface area is 201 Å². The Morgan fingerprint density at radius 1 is 1.12 bits per heavy atom. The summed E-state index contributed by atoms with van der Waals surface area (Å²) in [5.41, 5.74) is -1.34. The molecule has 0 N–H and O–H groups in total. The zero-order valence-electron chi connectivity index (χ0n) is 18.3. The van der Waals surface area contributed by atoms with Crippen molar-refractivity contribution < 1.29 is 28.2 Å². The fraction of sp³-hybridized carbons (Fsp3) is 0.231. The first-order valence-corrected chi connectivity index (χ1v) is 10.9. The molecule has 0 saturated carbocycles. The highest BCUT2D eigenvalue weighted by Gasteiger charge is 2.40. The van der Waals surface area contributed by atoms with Gasteiger partial charge in [0.15, 0.2) is 11.5 Å². The number of benzene rings is 3. The van der Waals surface area contributed by atoms with Crippen LogP contribution in [0.1, 0.15) is 36.5 Å². The molecule has 0 fully saturated rings. The van der Waals surface area contributed by atoms with E-state index in [1.807, 2.05) is 30.3 Å². The summed E-state index contributed by atoms with van der Waals surface area (Å²) < 4.78 is 37.6. The van der Waals surface area contributed by atoms with E-state index in [0.717, 1.165) is 5.56 Å². The smallest absolute Gasteiger partial charge is 0.387 e. The van der Waals surface area contributed by atoms with E-state index in [1.165, 1.54) is 6.07 Å². The van der Waals surface area contributed by atoms with Gasteiger partial charge in [0.05, 0.1) is 17.1 Å². The maximum absolute atomic E-state index is 13.5. The highest BCUT2D eigenvalue weighted by Crippen LogP contribution is 2.49. The lowest BCUT2D eigenvalue weighted by atomic mass is 9.76. The van der Waals surface area contributed by atoms with Crippen LogP contribution in [0.5, 0.6) is 17.2 Å². The number of carbonyl (C=O) groups is 1. The highest BCUT2D eigenvalue weighted by atomic mass is 35.5. The first kappa shape index (κ1) is 25.0. The summed E-state index contributed by atoms with van der Waals surface area (Å²) in [5, 5.41) is 22.2.